The van der Waals surface area contributed by atoms with E-state index in [0.717, 1.165) is 6.42 Å². The van der Waals surface area contributed by atoms with Crippen LogP contribution in [0, 0.1) is 11.8 Å². The molecule has 0 aliphatic heterocycles. The van der Waals surface area contributed by atoms with Crippen molar-refractivity contribution in [3.63, 3.8) is 0 Å². The first-order valence-corrected chi connectivity index (χ1v) is 8.08. The number of furan rings is 1. The number of rotatable bonds is 6. The molecule has 6 nitrogen and oxygen atoms in total. The fourth-order valence-electron chi connectivity index (χ4n) is 2.17. The summed E-state index contributed by atoms with van der Waals surface area (Å²) in [6.45, 7) is 2.40. The lowest BCUT2D eigenvalue weighted by Gasteiger charge is -2.04. The standard InChI is InChI=1S/C15H17N3O3S/c1-9-7-10(9)14(20)16-5-4-13(19)18-15-17-11(8-22-15)12-3-2-6-21-12/h2-3,6,8-10H,4-5,7H2,1H3,(H,16,20)(H,17,18,19). The number of thiazole rings is 1. The molecular formula is C15H17N3O3S. The lowest BCUT2D eigenvalue weighted by atomic mass is 10.3. The van der Waals surface area contributed by atoms with Crippen LogP contribution < -0.4 is 10.6 Å². The molecule has 1 saturated carbocycles. The Labute approximate surface area is 131 Å². The van der Waals surface area contributed by atoms with E-state index in [-0.39, 0.29) is 24.2 Å². The molecule has 2 heterocycles. The molecule has 0 bridgehead atoms. The minimum Gasteiger partial charge on any atom is -0.463 e. The molecule has 2 unspecified atom stereocenters. The van der Waals surface area contributed by atoms with E-state index in [4.69, 9.17) is 4.42 Å². The number of aromatic nitrogens is 1. The number of hydrogen-bond donors (Lipinski definition) is 2. The zero-order chi connectivity index (χ0) is 15.5. The van der Waals surface area contributed by atoms with Crippen LogP contribution in [0.2, 0.25) is 0 Å². The number of nitrogens with zero attached hydrogens (tertiary/aromatic N) is 1. The fourth-order valence-corrected chi connectivity index (χ4v) is 2.88. The highest BCUT2D eigenvalue weighted by Gasteiger charge is 2.38. The lowest BCUT2D eigenvalue weighted by molar-refractivity contribution is -0.122. The maximum atomic E-state index is 11.8. The SMILES string of the molecule is CC1CC1C(=O)NCCC(=O)Nc1nc(-c2ccco2)cs1. The summed E-state index contributed by atoms with van der Waals surface area (Å²) in [5.74, 6) is 1.17. The first kappa shape index (κ1) is 14.8. The highest BCUT2D eigenvalue weighted by atomic mass is 32.1. The lowest BCUT2D eigenvalue weighted by Crippen LogP contribution is -2.29. The predicted octanol–water partition coefficient (Wildman–Crippen LogP) is 2.50. The molecule has 0 saturated heterocycles. The maximum Gasteiger partial charge on any atom is 0.227 e. The molecule has 1 aliphatic rings. The van der Waals surface area contributed by atoms with Gasteiger partial charge in [-0.1, -0.05) is 6.92 Å². The average molecular weight is 319 g/mol. The van der Waals surface area contributed by atoms with Crippen molar-refractivity contribution in [3.8, 4) is 11.5 Å². The van der Waals surface area contributed by atoms with Gasteiger partial charge in [-0.3, -0.25) is 9.59 Å². The molecule has 0 aromatic carbocycles. The van der Waals surface area contributed by atoms with Crippen LogP contribution in [0.3, 0.4) is 0 Å². The Morgan fingerprint density at radius 3 is 3.00 bits per heavy atom. The molecule has 0 radical (unpaired) electrons. The van der Waals surface area contributed by atoms with Crippen molar-refractivity contribution >= 4 is 28.3 Å². The molecule has 116 valence electrons. The number of hydrogen-bond acceptors (Lipinski definition) is 5. The van der Waals surface area contributed by atoms with Crippen LogP contribution in [0.25, 0.3) is 11.5 Å². The highest BCUT2D eigenvalue weighted by Crippen LogP contribution is 2.37. The number of carbonyl (C=O) groups excluding carboxylic acids is 2. The Balaban J connectivity index is 1.43. The van der Waals surface area contributed by atoms with Gasteiger partial charge in [-0.25, -0.2) is 4.98 Å². The van der Waals surface area contributed by atoms with Crippen LogP contribution in [0.5, 0.6) is 0 Å². The average Bonchev–Trinajstić information content (AvgIpc) is 2.93. The smallest absolute Gasteiger partial charge is 0.227 e. The van der Waals surface area contributed by atoms with Crippen LogP contribution in [-0.2, 0) is 9.59 Å². The number of nitrogens with one attached hydrogen (secondary N) is 2. The third-order valence-corrected chi connectivity index (χ3v) is 4.38. The van der Waals surface area contributed by atoms with Crippen molar-refractivity contribution < 1.29 is 14.0 Å². The molecule has 2 amide bonds. The second-order valence-corrected chi connectivity index (χ2v) is 6.28. The summed E-state index contributed by atoms with van der Waals surface area (Å²) in [4.78, 5) is 27.7. The van der Waals surface area contributed by atoms with Gasteiger partial charge in [-0.2, -0.15) is 0 Å². The third kappa shape index (κ3) is 3.54. The van der Waals surface area contributed by atoms with Crippen molar-refractivity contribution in [3.05, 3.63) is 23.8 Å². The summed E-state index contributed by atoms with van der Waals surface area (Å²) in [5.41, 5.74) is 0.696. The molecular weight excluding hydrogens is 302 g/mol. The summed E-state index contributed by atoms with van der Waals surface area (Å²) < 4.78 is 5.25. The van der Waals surface area contributed by atoms with E-state index < -0.39 is 0 Å². The Hall–Kier alpha value is -2.15. The largest absolute Gasteiger partial charge is 0.463 e. The van der Waals surface area contributed by atoms with Crippen molar-refractivity contribution in [1.29, 1.82) is 0 Å². The first-order chi connectivity index (χ1) is 10.6. The molecule has 3 rings (SSSR count). The van der Waals surface area contributed by atoms with Crippen molar-refractivity contribution in [2.45, 2.75) is 19.8 Å². The summed E-state index contributed by atoms with van der Waals surface area (Å²) in [6, 6.07) is 3.60. The van der Waals surface area contributed by atoms with Gasteiger partial charge in [0.15, 0.2) is 10.9 Å². The molecule has 0 spiro atoms. The molecule has 2 aromatic rings. The molecule has 1 fully saturated rings. The van der Waals surface area contributed by atoms with Crippen molar-refractivity contribution in [1.82, 2.24) is 10.3 Å². The highest BCUT2D eigenvalue weighted by molar-refractivity contribution is 7.14. The van der Waals surface area contributed by atoms with E-state index in [2.05, 4.69) is 22.5 Å². The zero-order valence-electron chi connectivity index (χ0n) is 12.2. The summed E-state index contributed by atoms with van der Waals surface area (Å²) in [5, 5.41) is 7.87. The van der Waals surface area contributed by atoms with Crippen LogP contribution in [0.1, 0.15) is 19.8 Å². The normalized spacial score (nSPS) is 19.7. The Morgan fingerprint density at radius 2 is 2.32 bits per heavy atom. The van der Waals surface area contributed by atoms with Crippen LogP contribution in [0.15, 0.2) is 28.2 Å². The molecule has 2 aromatic heterocycles. The van der Waals surface area contributed by atoms with Gasteiger partial charge >= 0.3 is 0 Å². The fraction of sp³-hybridized carbons (Fsp3) is 0.400. The molecule has 2 N–H and O–H groups in total. The minimum atomic E-state index is -0.163. The second-order valence-electron chi connectivity index (χ2n) is 5.42. The molecule has 2 atom stereocenters. The van der Waals surface area contributed by atoms with Gasteiger partial charge in [0.1, 0.15) is 5.69 Å². The van der Waals surface area contributed by atoms with Crippen molar-refractivity contribution in [2.75, 3.05) is 11.9 Å². The van der Waals surface area contributed by atoms with Crippen LogP contribution >= 0.6 is 11.3 Å². The zero-order valence-corrected chi connectivity index (χ0v) is 13.0. The topological polar surface area (TPSA) is 84.2 Å². The molecule has 7 heteroatoms. The first-order valence-electron chi connectivity index (χ1n) is 7.20. The predicted molar refractivity (Wildman–Crippen MR) is 83.3 cm³/mol. The van der Waals surface area contributed by atoms with E-state index in [1.54, 1.807) is 12.3 Å². The van der Waals surface area contributed by atoms with Gasteiger partial charge in [0.05, 0.1) is 6.26 Å². The Kier molecular flexibility index (Phi) is 4.24. The Bertz CT molecular complexity index is 665. The van der Waals surface area contributed by atoms with E-state index in [1.165, 1.54) is 11.3 Å². The van der Waals surface area contributed by atoms with E-state index in [1.807, 2.05) is 11.4 Å². The second kappa shape index (κ2) is 6.31. The van der Waals surface area contributed by atoms with Gasteiger partial charge < -0.3 is 15.1 Å². The number of anilines is 1. The summed E-state index contributed by atoms with van der Waals surface area (Å²) in [7, 11) is 0. The summed E-state index contributed by atoms with van der Waals surface area (Å²) >= 11 is 1.34. The van der Waals surface area contributed by atoms with Crippen LogP contribution in [-0.4, -0.2) is 23.3 Å². The Morgan fingerprint density at radius 1 is 1.50 bits per heavy atom. The number of carbonyl (C=O) groups is 2. The third-order valence-electron chi connectivity index (χ3n) is 3.62. The quantitative estimate of drug-likeness (QED) is 0.857. The maximum absolute atomic E-state index is 11.8. The molecule has 22 heavy (non-hydrogen) atoms. The van der Waals surface area contributed by atoms with Gasteiger partial charge in [-0.15, -0.1) is 11.3 Å². The van der Waals surface area contributed by atoms with Gasteiger partial charge in [0.25, 0.3) is 0 Å². The molecule has 1 aliphatic carbocycles. The van der Waals surface area contributed by atoms with Gasteiger partial charge in [0.2, 0.25) is 11.8 Å². The van der Waals surface area contributed by atoms with Gasteiger partial charge in [-0.05, 0) is 24.5 Å². The van der Waals surface area contributed by atoms with E-state index in [0.29, 0.717) is 29.0 Å². The van der Waals surface area contributed by atoms with Crippen molar-refractivity contribution in [2.24, 2.45) is 11.8 Å². The van der Waals surface area contributed by atoms with Gasteiger partial charge in [0, 0.05) is 24.3 Å². The van der Waals surface area contributed by atoms with Crippen LogP contribution in [0.4, 0.5) is 5.13 Å². The van der Waals surface area contributed by atoms with E-state index in [9.17, 15) is 9.59 Å². The monoisotopic (exact) mass is 319 g/mol. The number of amides is 2. The van der Waals surface area contributed by atoms with E-state index >= 15 is 0 Å². The minimum absolute atomic E-state index is 0.0506. The summed E-state index contributed by atoms with van der Waals surface area (Å²) in [6.07, 6.45) is 2.77.